The Morgan fingerprint density at radius 1 is 1.25 bits per heavy atom. The Bertz CT molecular complexity index is 326. The van der Waals surface area contributed by atoms with Crippen molar-refractivity contribution in [3.8, 4) is 0 Å². The van der Waals surface area contributed by atoms with Crippen LogP contribution in [0.3, 0.4) is 0 Å². The molecule has 6 heteroatoms. The second kappa shape index (κ2) is 5.80. The van der Waals surface area contributed by atoms with Gasteiger partial charge in [-0.3, -0.25) is 0 Å². The predicted molar refractivity (Wildman–Crippen MR) is 60.8 cm³/mol. The highest BCUT2D eigenvalue weighted by Gasteiger charge is 2.39. The van der Waals surface area contributed by atoms with Crippen molar-refractivity contribution in [2.24, 2.45) is 5.73 Å². The molecule has 0 heterocycles. The molecule has 16 heavy (non-hydrogen) atoms. The predicted octanol–water partition coefficient (Wildman–Crippen LogP) is 3.71. The first-order valence-corrected chi connectivity index (χ1v) is 5.88. The molecule has 0 spiro atoms. The Kier molecular flexibility index (Phi) is 4.95. The molecule has 0 aliphatic heterocycles. The third-order valence-corrected chi connectivity index (χ3v) is 3.47. The van der Waals surface area contributed by atoms with E-state index in [0.717, 1.165) is 11.8 Å². The van der Waals surface area contributed by atoms with Gasteiger partial charge in [-0.05, 0) is 37.2 Å². The number of thioether (sulfide) groups is 1. The summed E-state index contributed by atoms with van der Waals surface area (Å²) in [5.41, 5.74) is 5.17. The van der Waals surface area contributed by atoms with Crippen LogP contribution in [-0.2, 0) is 0 Å². The van der Waals surface area contributed by atoms with Gasteiger partial charge >= 0.3 is 6.18 Å². The van der Waals surface area contributed by atoms with E-state index >= 15 is 0 Å². The Labute approximate surface area is 101 Å². The molecule has 0 bridgehead atoms. The van der Waals surface area contributed by atoms with Gasteiger partial charge in [-0.2, -0.15) is 13.2 Å². The minimum absolute atomic E-state index is 0.0186. The maximum atomic E-state index is 12.6. The van der Waals surface area contributed by atoms with Crippen LogP contribution >= 0.6 is 23.4 Å². The Morgan fingerprint density at radius 2 is 1.81 bits per heavy atom. The molecule has 1 unspecified atom stereocenters. The first-order chi connectivity index (χ1) is 7.43. The summed E-state index contributed by atoms with van der Waals surface area (Å²) < 4.78 is 37.7. The van der Waals surface area contributed by atoms with E-state index in [2.05, 4.69) is 0 Å². The Morgan fingerprint density at radius 3 is 2.25 bits per heavy atom. The summed E-state index contributed by atoms with van der Waals surface area (Å²) in [5.74, 6) is 0. The molecule has 0 saturated heterocycles. The van der Waals surface area contributed by atoms with Gasteiger partial charge in [0.2, 0.25) is 0 Å². The second-order valence-corrected chi connectivity index (χ2v) is 4.89. The molecule has 1 rings (SSSR count). The van der Waals surface area contributed by atoms with Gasteiger partial charge in [0.1, 0.15) is 5.25 Å². The van der Waals surface area contributed by atoms with Gasteiger partial charge in [0.15, 0.2) is 0 Å². The van der Waals surface area contributed by atoms with Crippen LogP contribution in [0, 0.1) is 0 Å². The molecule has 0 amide bonds. The van der Waals surface area contributed by atoms with Gasteiger partial charge in [-0.1, -0.05) is 11.6 Å². The molecular weight excluding hydrogens is 259 g/mol. The van der Waals surface area contributed by atoms with E-state index < -0.39 is 11.4 Å². The van der Waals surface area contributed by atoms with Crippen LogP contribution in [0.5, 0.6) is 0 Å². The molecule has 1 aromatic carbocycles. The Balaban J connectivity index is 2.72. The van der Waals surface area contributed by atoms with Crippen molar-refractivity contribution < 1.29 is 13.2 Å². The normalized spacial score (nSPS) is 13.8. The fourth-order valence-electron chi connectivity index (χ4n) is 1.12. The fraction of sp³-hybridized carbons (Fsp3) is 0.400. The highest BCUT2D eigenvalue weighted by atomic mass is 35.5. The van der Waals surface area contributed by atoms with E-state index in [1.165, 1.54) is 0 Å². The molecule has 0 aliphatic rings. The molecular formula is C10H11ClF3NS. The maximum Gasteiger partial charge on any atom is 0.400 e. The number of rotatable bonds is 4. The van der Waals surface area contributed by atoms with Crippen LogP contribution in [-0.4, -0.2) is 18.0 Å². The topological polar surface area (TPSA) is 26.0 Å². The average Bonchev–Trinajstić information content (AvgIpc) is 2.19. The monoisotopic (exact) mass is 269 g/mol. The van der Waals surface area contributed by atoms with Crippen molar-refractivity contribution in [2.45, 2.75) is 22.7 Å². The minimum atomic E-state index is -4.23. The van der Waals surface area contributed by atoms with Crippen molar-refractivity contribution in [1.29, 1.82) is 0 Å². The van der Waals surface area contributed by atoms with E-state index in [4.69, 9.17) is 17.3 Å². The molecule has 1 atom stereocenters. The summed E-state index contributed by atoms with van der Waals surface area (Å²) in [6.45, 7) is 0.0186. The van der Waals surface area contributed by atoms with Crippen molar-refractivity contribution >= 4 is 23.4 Å². The largest absolute Gasteiger partial charge is 0.400 e. The molecule has 1 aromatic rings. The summed E-state index contributed by atoms with van der Waals surface area (Å²) in [6.07, 6.45) is -4.32. The third kappa shape index (κ3) is 4.23. The van der Waals surface area contributed by atoms with E-state index in [-0.39, 0.29) is 13.0 Å². The molecule has 0 aliphatic carbocycles. The lowest BCUT2D eigenvalue weighted by Crippen LogP contribution is -2.28. The molecule has 90 valence electrons. The highest BCUT2D eigenvalue weighted by molar-refractivity contribution is 8.00. The average molecular weight is 270 g/mol. The number of halogens is 4. The van der Waals surface area contributed by atoms with Crippen LogP contribution in [0.4, 0.5) is 13.2 Å². The summed E-state index contributed by atoms with van der Waals surface area (Å²) in [7, 11) is 0. The summed E-state index contributed by atoms with van der Waals surface area (Å²) in [6, 6.07) is 6.28. The van der Waals surface area contributed by atoms with Crippen LogP contribution in [0.1, 0.15) is 6.42 Å². The van der Waals surface area contributed by atoms with Crippen molar-refractivity contribution in [3.63, 3.8) is 0 Å². The zero-order valence-corrected chi connectivity index (χ0v) is 9.87. The van der Waals surface area contributed by atoms with Crippen molar-refractivity contribution in [3.05, 3.63) is 29.3 Å². The van der Waals surface area contributed by atoms with Crippen LogP contribution in [0.2, 0.25) is 5.02 Å². The van der Waals surface area contributed by atoms with E-state index in [0.29, 0.717) is 9.92 Å². The molecule has 0 fully saturated rings. The standard InChI is InChI=1S/C10H11ClF3NS/c11-7-1-3-8(4-2-7)16-9(5-6-15)10(12,13)14/h1-4,9H,5-6,15H2. The number of hydrogen-bond acceptors (Lipinski definition) is 2. The molecule has 0 saturated carbocycles. The summed E-state index contributed by atoms with van der Waals surface area (Å²) in [4.78, 5) is 0.542. The molecule has 1 nitrogen and oxygen atoms in total. The minimum Gasteiger partial charge on any atom is -0.330 e. The number of nitrogens with two attached hydrogens (primary N) is 1. The van der Waals surface area contributed by atoms with Crippen LogP contribution in [0.15, 0.2) is 29.2 Å². The van der Waals surface area contributed by atoms with E-state index in [1.807, 2.05) is 0 Å². The summed E-state index contributed by atoms with van der Waals surface area (Å²) in [5, 5.41) is -0.953. The third-order valence-electron chi connectivity index (χ3n) is 1.89. The molecule has 0 radical (unpaired) electrons. The van der Waals surface area contributed by atoms with Crippen LogP contribution < -0.4 is 5.73 Å². The number of hydrogen-bond donors (Lipinski definition) is 1. The number of benzene rings is 1. The maximum absolute atomic E-state index is 12.6. The van der Waals surface area contributed by atoms with Gasteiger partial charge in [0.25, 0.3) is 0 Å². The fourth-order valence-corrected chi connectivity index (χ4v) is 2.25. The van der Waals surface area contributed by atoms with Gasteiger partial charge in [-0.15, -0.1) is 11.8 Å². The lowest BCUT2D eigenvalue weighted by molar-refractivity contribution is -0.129. The lowest BCUT2D eigenvalue weighted by Gasteiger charge is -2.18. The van der Waals surface area contributed by atoms with E-state index in [1.54, 1.807) is 24.3 Å². The zero-order chi connectivity index (χ0) is 12.2. The van der Waals surface area contributed by atoms with Crippen molar-refractivity contribution in [2.75, 3.05) is 6.54 Å². The zero-order valence-electron chi connectivity index (χ0n) is 8.30. The highest BCUT2D eigenvalue weighted by Crippen LogP contribution is 2.37. The SMILES string of the molecule is NCCC(Sc1ccc(Cl)cc1)C(F)(F)F. The van der Waals surface area contributed by atoms with E-state index in [9.17, 15) is 13.2 Å². The van der Waals surface area contributed by atoms with Gasteiger partial charge in [0, 0.05) is 9.92 Å². The quantitative estimate of drug-likeness (QED) is 0.843. The Hall–Kier alpha value is -0.390. The van der Waals surface area contributed by atoms with Gasteiger partial charge < -0.3 is 5.73 Å². The number of alkyl halides is 3. The first-order valence-electron chi connectivity index (χ1n) is 4.62. The molecule has 0 aromatic heterocycles. The smallest absolute Gasteiger partial charge is 0.330 e. The van der Waals surface area contributed by atoms with Gasteiger partial charge in [0.05, 0.1) is 0 Å². The second-order valence-electron chi connectivity index (χ2n) is 3.18. The van der Waals surface area contributed by atoms with Gasteiger partial charge in [-0.25, -0.2) is 0 Å². The van der Waals surface area contributed by atoms with Crippen LogP contribution in [0.25, 0.3) is 0 Å². The first kappa shape index (κ1) is 13.7. The lowest BCUT2D eigenvalue weighted by atomic mass is 10.3. The summed E-state index contributed by atoms with van der Waals surface area (Å²) >= 11 is 6.41. The molecule has 2 N–H and O–H groups in total. The van der Waals surface area contributed by atoms with Crippen molar-refractivity contribution in [1.82, 2.24) is 0 Å².